The molecule has 23 heavy (non-hydrogen) atoms. The van der Waals surface area contributed by atoms with Crippen LogP contribution in [0.25, 0.3) is 0 Å². The first-order valence-electron chi connectivity index (χ1n) is 7.72. The van der Waals surface area contributed by atoms with Gasteiger partial charge in [0, 0.05) is 25.3 Å². The molecular weight excluding hydrogens is 300 g/mol. The highest BCUT2D eigenvalue weighted by Crippen LogP contribution is 2.21. The van der Waals surface area contributed by atoms with Crippen LogP contribution in [0.15, 0.2) is 18.2 Å². The van der Waals surface area contributed by atoms with E-state index in [4.69, 9.17) is 14.6 Å². The molecule has 0 spiro atoms. The minimum Gasteiger partial charge on any atom is -0.484 e. The fourth-order valence-electron chi connectivity index (χ4n) is 2.27. The number of nitrogens with zero attached hydrogens (tertiary/aromatic N) is 1. The number of amides is 1. The molecule has 1 atom stereocenters. The topological polar surface area (TPSA) is 91.3 Å². The van der Waals surface area contributed by atoms with Crippen LogP contribution >= 0.6 is 0 Å². The van der Waals surface area contributed by atoms with E-state index in [9.17, 15) is 9.90 Å². The van der Waals surface area contributed by atoms with Crippen molar-refractivity contribution in [2.24, 2.45) is 0 Å². The van der Waals surface area contributed by atoms with Gasteiger partial charge in [-0.05, 0) is 30.7 Å². The largest absolute Gasteiger partial charge is 0.484 e. The zero-order chi connectivity index (χ0) is 16.7. The van der Waals surface area contributed by atoms with E-state index in [1.54, 1.807) is 11.0 Å². The van der Waals surface area contributed by atoms with Gasteiger partial charge in [0.05, 0.1) is 25.9 Å². The molecule has 0 aliphatic carbocycles. The first-order chi connectivity index (χ1) is 11.1. The predicted octanol–water partition coefficient (Wildman–Crippen LogP) is -0.00228. The van der Waals surface area contributed by atoms with Gasteiger partial charge in [-0.1, -0.05) is 0 Å². The van der Waals surface area contributed by atoms with Gasteiger partial charge in [0.25, 0.3) is 5.91 Å². The molecule has 0 aromatic heterocycles. The number of benzene rings is 1. The lowest BCUT2D eigenvalue weighted by molar-refractivity contribution is -0.137. The normalized spacial score (nSPS) is 16.0. The van der Waals surface area contributed by atoms with Crippen LogP contribution < -0.4 is 10.1 Å². The van der Waals surface area contributed by atoms with Crippen LogP contribution in [0.3, 0.4) is 0 Å². The quantitative estimate of drug-likeness (QED) is 0.654. The third-order valence-electron chi connectivity index (χ3n) is 3.66. The van der Waals surface area contributed by atoms with Crippen LogP contribution in [-0.4, -0.2) is 73.2 Å². The monoisotopic (exact) mass is 324 g/mol. The summed E-state index contributed by atoms with van der Waals surface area (Å²) in [6.45, 7) is 4.27. The highest BCUT2D eigenvalue weighted by Gasteiger charge is 2.17. The molecule has 0 saturated carbocycles. The predicted molar refractivity (Wildman–Crippen MR) is 85.7 cm³/mol. The van der Waals surface area contributed by atoms with Gasteiger partial charge in [0.2, 0.25) is 0 Å². The van der Waals surface area contributed by atoms with E-state index in [2.05, 4.69) is 5.32 Å². The summed E-state index contributed by atoms with van der Waals surface area (Å²) in [6.07, 6.45) is -0.795. The van der Waals surface area contributed by atoms with Crippen LogP contribution in [0, 0.1) is 6.92 Å². The fraction of sp³-hybridized carbons (Fsp3) is 0.562. The lowest BCUT2D eigenvalue weighted by Crippen LogP contribution is -2.42. The highest BCUT2D eigenvalue weighted by atomic mass is 16.5. The Bertz CT molecular complexity index is 517. The molecule has 1 heterocycles. The molecule has 0 radical (unpaired) electrons. The van der Waals surface area contributed by atoms with Crippen molar-refractivity contribution in [2.75, 3.05) is 51.4 Å². The number of aliphatic hydroxyl groups excluding tert-OH is 2. The number of ether oxygens (including phenoxy) is 2. The molecule has 1 aliphatic rings. The van der Waals surface area contributed by atoms with Gasteiger partial charge in [-0.25, -0.2) is 0 Å². The van der Waals surface area contributed by atoms with E-state index in [0.29, 0.717) is 32.1 Å². The molecule has 0 bridgehead atoms. The van der Waals surface area contributed by atoms with E-state index in [1.807, 2.05) is 19.1 Å². The zero-order valence-corrected chi connectivity index (χ0v) is 13.3. The number of aliphatic hydroxyl groups is 2. The minimum atomic E-state index is -0.795. The number of aryl methyl sites for hydroxylation is 1. The van der Waals surface area contributed by atoms with Crippen molar-refractivity contribution in [1.29, 1.82) is 0 Å². The van der Waals surface area contributed by atoms with Crippen molar-refractivity contribution in [1.82, 2.24) is 4.90 Å². The fourth-order valence-corrected chi connectivity index (χ4v) is 2.27. The van der Waals surface area contributed by atoms with Gasteiger partial charge in [-0.2, -0.15) is 0 Å². The summed E-state index contributed by atoms with van der Waals surface area (Å²) in [7, 11) is 0. The third kappa shape index (κ3) is 5.38. The maximum Gasteiger partial charge on any atom is 0.260 e. The van der Waals surface area contributed by atoms with Gasteiger partial charge in [-0.15, -0.1) is 0 Å². The van der Waals surface area contributed by atoms with Crippen molar-refractivity contribution in [3.63, 3.8) is 0 Å². The Morgan fingerprint density at radius 2 is 2.17 bits per heavy atom. The lowest BCUT2D eigenvalue weighted by Gasteiger charge is -2.26. The molecule has 1 saturated heterocycles. The summed E-state index contributed by atoms with van der Waals surface area (Å²) in [5, 5.41) is 21.2. The van der Waals surface area contributed by atoms with Crippen molar-refractivity contribution in [3.05, 3.63) is 23.8 Å². The summed E-state index contributed by atoms with van der Waals surface area (Å²) in [5.41, 5.74) is 1.79. The molecule has 1 fully saturated rings. The van der Waals surface area contributed by atoms with Gasteiger partial charge in [-0.3, -0.25) is 4.79 Å². The Morgan fingerprint density at radius 3 is 2.83 bits per heavy atom. The van der Waals surface area contributed by atoms with Crippen LogP contribution in [-0.2, 0) is 9.53 Å². The summed E-state index contributed by atoms with van der Waals surface area (Å²) >= 11 is 0. The number of anilines is 1. The van der Waals surface area contributed by atoms with Crippen molar-refractivity contribution in [3.8, 4) is 5.75 Å². The second-order valence-electron chi connectivity index (χ2n) is 5.48. The first-order valence-corrected chi connectivity index (χ1v) is 7.72. The zero-order valence-electron chi connectivity index (χ0n) is 13.3. The molecule has 128 valence electrons. The SMILES string of the molecule is Cc1cc(OCC(=O)N2CCOCC2)ccc1NCC(O)CO. The second kappa shape index (κ2) is 8.71. The molecule has 1 aromatic rings. The molecule has 3 N–H and O–H groups in total. The Morgan fingerprint density at radius 1 is 1.43 bits per heavy atom. The molecule has 7 heteroatoms. The van der Waals surface area contributed by atoms with Crippen molar-refractivity contribution >= 4 is 11.6 Å². The Balaban J connectivity index is 1.83. The van der Waals surface area contributed by atoms with Gasteiger partial charge in [0.1, 0.15) is 5.75 Å². The highest BCUT2D eigenvalue weighted by molar-refractivity contribution is 5.77. The maximum atomic E-state index is 12.0. The van der Waals surface area contributed by atoms with E-state index in [-0.39, 0.29) is 25.7 Å². The van der Waals surface area contributed by atoms with Gasteiger partial charge in [0.15, 0.2) is 6.61 Å². The van der Waals surface area contributed by atoms with Crippen LogP contribution in [0.5, 0.6) is 5.75 Å². The minimum absolute atomic E-state index is 0.00937. The molecule has 1 unspecified atom stereocenters. The molecule has 1 amide bonds. The number of morpholine rings is 1. The number of carbonyl (C=O) groups excluding carboxylic acids is 1. The van der Waals surface area contributed by atoms with Crippen LogP contribution in [0.4, 0.5) is 5.69 Å². The summed E-state index contributed by atoms with van der Waals surface area (Å²) in [4.78, 5) is 13.8. The third-order valence-corrected chi connectivity index (χ3v) is 3.66. The van der Waals surface area contributed by atoms with Crippen LogP contribution in [0.1, 0.15) is 5.56 Å². The van der Waals surface area contributed by atoms with Crippen molar-refractivity contribution in [2.45, 2.75) is 13.0 Å². The molecule has 7 nitrogen and oxygen atoms in total. The molecular formula is C16H24N2O5. The van der Waals surface area contributed by atoms with E-state index in [0.717, 1.165) is 11.3 Å². The van der Waals surface area contributed by atoms with E-state index < -0.39 is 6.10 Å². The second-order valence-corrected chi connectivity index (χ2v) is 5.48. The molecule has 2 rings (SSSR count). The average Bonchev–Trinajstić information content (AvgIpc) is 2.59. The standard InChI is InChI=1S/C16H24N2O5/c1-12-8-14(2-3-15(12)17-9-13(20)10-19)23-11-16(21)18-4-6-22-7-5-18/h2-3,8,13,17,19-20H,4-7,9-11H2,1H3. The lowest BCUT2D eigenvalue weighted by atomic mass is 10.2. The number of hydrogen-bond donors (Lipinski definition) is 3. The number of carbonyl (C=O) groups is 1. The van der Waals surface area contributed by atoms with E-state index in [1.165, 1.54) is 0 Å². The van der Waals surface area contributed by atoms with Crippen molar-refractivity contribution < 1.29 is 24.5 Å². The number of rotatable bonds is 7. The molecule has 1 aliphatic heterocycles. The van der Waals surface area contributed by atoms with Gasteiger partial charge < -0.3 is 29.9 Å². The summed E-state index contributed by atoms with van der Waals surface area (Å²) in [6, 6.07) is 5.43. The Labute approximate surface area is 135 Å². The number of nitrogens with one attached hydrogen (secondary N) is 1. The average molecular weight is 324 g/mol. The van der Waals surface area contributed by atoms with Gasteiger partial charge >= 0.3 is 0 Å². The van der Waals surface area contributed by atoms with Crippen LogP contribution in [0.2, 0.25) is 0 Å². The number of hydrogen-bond acceptors (Lipinski definition) is 6. The summed E-state index contributed by atoms with van der Waals surface area (Å²) in [5.74, 6) is 0.580. The smallest absolute Gasteiger partial charge is 0.260 e. The maximum absolute atomic E-state index is 12.0. The Kier molecular flexibility index (Phi) is 6.64. The van der Waals surface area contributed by atoms with E-state index >= 15 is 0 Å². The first kappa shape index (κ1) is 17.5. The molecule has 1 aromatic carbocycles. The summed E-state index contributed by atoms with van der Waals surface area (Å²) < 4.78 is 10.8. The Hall–Kier alpha value is -1.83.